The molecule has 0 aliphatic carbocycles. The van der Waals surface area contributed by atoms with E-state index in [0.717, 1.165) is 17.1 Å². The molecular weight excluding hydrogens is 254 g/mol. The Morgan fingerprint density at radius 1 is 1.30 bits per heavy atom. The number of nitrogens with one attached hydrogen (secondary N) is 1. The van der Waals surface area contributed by atoms with E-state index < -0.39 is 0 Å². The third-order valence-corrected chi connectivity index (χ3v) is 3.17. The lowest BCUT2D eigenvalue weighted by atomic mass is 10.2. The van der Waals surface area contributed by atoms with Crippen molar-refractivity contribution in [3.05, 3.63) is 47.2 Å². The molecule has 0 atom stereocenters. The van der Waals surface area contributed by atoms with E-state index in [9.17, 15) is 4.79 Å². The number of aromatic nitrogens is 5. The molecular formula is C14H15N5O. The number of Topliss-reactive ketones (excluding diaryl/α,β-unsaturated/α-hetero) is 1. The quantitative estimate of drug-likeness (QED) is 0.736. The lowest BCUT2D eigenvalue weighted by Gasteiger charge is -2.02. The maximum atomic E-state index is 12.3. The number of nitrogens with zero attached hydrogens (tertiary/aromatic N) is 4. The maximum Gasteiger partial charge on any atom is 0.192 e. The standard InChI is InChI=1S/C14H15N5O/c1-8-4-10(3)19-7-16-13(14(19)18-8)11(20)5-12-15-6-9(2)17-12/h4,6-7H,5H2,1-3H3,(H,15,17). The number of carbonyl (C=O) groups excluding carboxylic acids is 1. The van der Waals surface area contributed by atoms with Crippen molar-refractivity contribution < 1.29 is 4.79 Å². The van der Waals surface area contributed by atoms with Crippen LogP contribution in [-0.2, 0) is 6.42 Å². The predicted molar refractivity (Wildman–Crippen MR) is 73.8 cm³/mol. The zero-order valence-electron chi connectivity index (χ0n) is 11.6. The van der Waals surface area contributed by atoms with Crippen LogP contribution in [0.2, 0.25) is 0 Å². The summed E-state index contributed by atoms with van der Waals surface area (Å²) in [6, 6.07) is 1.96. The number of aromatic amines is 1. The van der Waals surface area contributed by atoms with Gasteiger partial charge in [0.2, 0.25) is 0 Å². The van der Waals surface area contributed by atoms with E-state index in [0.29, 0.717) is 17.2 Å². The molecule has 0 radical (unpaired) electrons. The topological polar surface area (TPSA) is 75.9 Å². The van der Waals surface area contributed by atoms with E-state index in [1.165, 1.54) is 0 Å². The Balaban J connectivity index is 1.99. The molecule has 0 fully saturated rings. The first-order chi connectivity index (χ1) is 9.54. The van der Waals surface area contributed by atoms with Gasteiger partial charge in [-0.1, -0.05) is 0 Å². The van der Waals surface area contributed by atoms with Crippen molar-refractivity contribution in [1.82, 2.24) is 24.3 Å². The molecule has 3 heterocycles. The molecule has 3 aromatic heterocycles. The molecule has 0 amide bonds. The molecule has 0 saturated carbocycles. The lowest BCUT2D eigenvalue weighted by molar-refractivity contribution is 0.0988. The number of fused-ring (bicyclic) bond motifs is 1. The summed E-state index contributed by atoms with van der Waals surface area (Å²) >= 11 is 0. The van der Waals surface area contributed by atoms with Gasteiger partial charge in [0.1, 0.15) is 12.2 Å². The van der Waals surface area contributed by atoms with Crippen LogP contribution in [0.3, 0.4) is 0 Å². The molecule has 0 spiro atoms. The number of hydrogen-bond acceptors (Lipinski definition) is 4. The van der Waals surface area contributed by atoms with Gasteiger partial charge in [0.25, 0.3) is 0 Å². The Morgan fingerprint density at radius 3 is 2.80 bits per heavy atom. The summed E-state index contributed by atoms with van der Waals surface area (Å²) in [4.78, 5) is 28.2. The Morgan fingerprint density at radius 2 is 2.10 bits per heavy atom. The first-order valence-corrected chi connectivity index (χ1v) is 6.39. The van der Waals surface area contributed by atoms with E-state index >= 15 is 0 Å². The lowest BCUT2D eigenvalue weighted by Crippen LogP contribution is -2.07. The molecule has 0 saturated heterocycles. The zero-order valence-corrected chi connectivity index (χ0v) is 11.6. The third-order valence-electron chi connectivity index (χ3n) is 3.17. The second-order valence-corrected chi connectivity index (χ2v) is 4.94. The normalized spacial score (nSPS) is 11.2. The molecule has 0 aromatic carbocycles. The summed E-state index contributed by atoms with van der Waals surface area (Å²) in [5.41, 5.74) is 3.82. The van der Waals surface area contributed by atoms with Gasteiger partial charge in [-0.15, -0.1) is 0 Å². The third kappa shape index (κ3) is 2.09. The average Bonchev–Trinajstić information content (AvgIpc) is 2.95. The van der Waals surface area contributed by atoms with Crippen LogP contribution in [0, 0.1) is 20.8 Å². The van der Waals surface area contributed by atoms with Crippen LogP contribution < -0.4 is 0 Å². The van der Waals surface area contributed by atoms with Crippen molar-refractivity contribution in [1.29, 1.82) is 0 Å². The van der Waals surface area contributed by atoms with Gasteiger partial charge in [-0.3, -0.25) is 9.20 Å². The number of rotatable bonds is 3. The fraction of sp³-hybridized carbons (Fsp3) is 0.286. The van der Waals surface area contributed by atoms with Crippen LogP contribution in [0.1, 0.15) is 33.4 Å². The van der Waals surface area contributed by atoms with Crippen LogP contribution in [-0.4, -0.2) is 30.1 Å². The molecule has 3 rings (SSSR count). The fourth-order valence-corrected chi connectivity index (χ4v) is 2.27. The van der Waals surface area contributed by atoms with Gasteiger partial charge in [0.05, 0.1) is 6.42 Å². The number of hydrogen-bond donors (Lipinski definition) is 1. The molecule has 0 aliphatic heterocycles. The molecule has 0 bridgehead atoms. The molecule has 102 valence electrons. The van der Waals surface area contributed by atoms with Crippen LogP contribution in [0.5, 0.6) is 0 Å². The minimum Gasteiger partial charge on any atom is -0.346 e. The predicted octanol–water partition coefficient (Wildman–Crippen LogP) is 1.80. The van der Waals surface area contributed by atoms with Gasteiger partial charge in [-0.25, -0.2) is 15.0 Å². The Bertz CT molecular complexity index is 799. The van der Waals surface area contributed by atoms with Gasteiger partial charge in [0, 0.05) is 23.3 Å². The highest BCUT2D eigenvalue weighted by atomic mass is 16.1. The summed E-state index contributed by atoms with van der Waals surface area (Å²) < 4.78 is 1.83. The van der Waals surface area contributed by atoms with Gasteiger partial charge < -0.3 is 4.98 Å². The minimum absolute atomic E-state index is 0.0839. The largest absolute Gasteiger partial charge is 0.346 e. The van der Waals surface area contributed by atoms with E-state index in [2.05, 4.69) is 19.9 Å². The number of H-pyrrole nitrogens is 1. The van der Waals surface area contributed by atoms with Crippen LogP contribution in [0.25, 0.3) is 5.65 Å². The summed E-state index contributed by atoms with van der Waals surface area (Å²) in [6.07, 6.45) is 3.55. The van der Waals surface area contributed by atoms with Gasteiger partial charge in [-0.2, -0.15) is 0 Å². The van der Waals surface area contributed by atoms with E-state index in [1.807, 2.05) is 31.2 Å². The van der Waals surface area contributed by atoms with Gasteiger partial charge >= 0.3 is 0 Å². The van der Waals surface area contributed by atoms with Crippen molar-refractivity contribution >= 4 is 11.4 Å². The van der Waals surface area contributed by atoms with Crippen LogP contribution in [0.4, 0.5) is 0 Å². The number of imidazole rings is 2. The van der Waals surface area contributed by atoms with Crippen molar-refractivity contribution in [3.63, 3.8) is 0 Å². The molecule has 0 unspecified atom stereocenters. The molecule has 1 N–H and O–H groups in total. The fourth-order valence-electron chi connectivity index (χ4n) is 2.27. The van der Waals surface area contributed by atoms with Crippen LogP contribution >= 0.6 is 0 Å². The summed E-state index contributed by atoms with van der Waals surface area (Å²) in [6.45, 7) is 5.78. The minimum atomic E-state index is -0.0839. The zero-order chi connectivity index (χ0) is 14.3. The Labute approximate surface area is 115 Å². The van der Waals surface area contributed by atoms with E-state index in [1.54, 1.807) is 12.5 Å². The number of ketones is 1. The van der Waals surface area contributed by atoms with Gasteiger partial charge in [0.15, 0.2) is 17.1 Å². The monoisotopic (exact) mass is 269 g/mol. The summed E-state index contributed by atoms with van der Waals surface area (Å²) in [5, 5.41) is 0. The number of carbonyl (C=O) groups is 1. The van der Waals surface area contributed by atoms with Crippen molar-refractivity contribution in [2.24, 2.45) is 0 Å². The van der Waals surface area contributed by atoms with Crippen LogP contribution in [0.15, 0.2) is 18.6 Å². The van der Waals surface area contributed by atoms with Crippen molar-refractivity contribution in [3.8, 4) is 0 Å². The van der Waals surface area contributed by atoms with Crippen molar-refractivity contribution in [2.75, 3.05) is 0 Å². The molecule has 6 nitrogen and oxygen atoms in total. The second kappa shape index (κ2) is 4.56. The first-order valence-electron chi connectivity index (χ1n) is 6.39. The highest BCUT2D eigenvalue weighted by Gasteiger charge is 2.17. The molecule has 3 aromatic rings. The summed E-state index contributed by atoms with van der Waals surface area (Å²) in [5.74, 6) is 0.567. The highest BCUT2D eigenvalue weighted by molar-refractivity contribution is 6.00. The van der Waals surface area contributed by atoms with Gasteiger partial charge in [-0.05, 0) is 26.8 Å². The molecule has 6 heteroatoms. The highest BCUT2D eigenvalue weighted by Crippen LogP contribution is 2.13. The first kappa shape index (κ1) is 12.5. The number of aryl methyl sites for hydroxylation is 3. The Kier molecular flexibility index (Phi) is 2.85. The summed E-state index contributed by atoms with van der Waals surface area (Å²) in [7, 11) is 0. The average molecular weight is 269 g/mol. The van der Waals surface area contributed by atoms with E-state index in [4.69, 9.17) is 0 Å². The Hall–Kier alpha value is -2.50. The molecule has 20 heavy (non-hydrogen) atoms. The van der Waals surface area contributed by atoms with Crippen molar-refractivity contribution in [2.45, 2.75) is 27.2 Å². The SMILES string of the molecule is Cc1cc(C)n2cnc(C(=O)Cc3ncc(C)[nH]3)c2n1. The molecule has 0 aliphatic rings. The smallest absolute Gasteiger partial charge is 0.192 e. The van der Waals surface area contributed by atoms with E-state index in [-0.39, 0.29) is 12.2 Å². The second-order valence-electron chi connectivity index (χ2n) is 4.94. The maximum absolute atomic E-state index is 12.3.